The number of sulfonamides is 1. The van der Waals surface area contributed by atoms with Gasteiger partial charge in [0.1, 0.15) is 17.7 Å². The topological polar surface area (TPSA) is 90.5 Å². The first-order valence-electron chi connectivity index (χ1n) is 9.59. The van der Waals surface area contributed by atoms with E-state index in [9.17, 15) is 8.42 Å². The first-order valence-corrected chi connectivity index (χ1v) is 11.0. The number of oxazole rings is 1. The first-order chi connectivity index (χ1) is 14.0. The summed E-state index contributed by atoms with van der Waals surface area (Å²) < 4.78 is 40.1. The summed E-state index contributed by atoms with van der Waals surface area (Å²) >= 11 is 0. The lowest BCUT2D eigenvalue weighted by atomic mass is 10.1. The van der Waals surface area contributed by atoms with Crippen molar-refractivity contribution in [3.05, 3.63) is 53.7 Å². The quantitative estimate of drug-likeness (QED) is 0.588. The monoisotopic (exact) mass is 416 g/mol. The molecule has 3 aromatic rings. The van der Waals surface area contributed by atoms with Crippen molar-refractivity contribution >= 4 is 10.0 Å². The van der Waals surface area contributed by atoms with Crippen LogP contribution in [-0.4, -0.2) is 47.7 Å². The number of hydrogen-bond donors (Lipinski definition) is 0. The van der Waals surface area contributed by atoms with E-state index in [0.717, 1.165) is 23.2 Å². The first kappa shape index (κ1) is 19.8. The Morgan fingerprint density at radius 2 is 2.03 bits per heavy atom. The molecule has 0 aliphatic carbocycles. The van der Waals surface area contributed by atoms with Crippen molar-refractivity contribution in [2.24, 2.45) is 0 Å². The normalized spacial score (nSPS) is 14.8. The van der Waals surface area contributed by atoms with Gasteiger partial charge in [0.25, 0.3) is 0 Å². The predicted octanol–water partition coefficient (Wildman–Crippen LogP) is 2.49. The van der Waals surface area contributed by atoms with Crippen molar-refractivity contribution in [2.75, 3.05) is 20.3 Å². The van der Waals surface area contributed by atoms with Crippen molar-refractivity contribution in [3.63, 3.8) is 0 Å². The smallest absolute Gasteiger partial charge is 0.243 e. The van der Waals surface area contributed by atoms with E-state index < -0.39 is 10.0 Å². The van der Waals surface area contributed by atoms with Crippen LogP contribution in [0, 0.1) is 0 Å². The van der Waals surface area contributed by atoms with E-state index in [1.165, 1.54) is 17.0 Å². The highest BCUT2D eigenvalue weighted by atomic mass is 32.2. The number of fused-ring (bicyclic) bond motifs is 1. The fourth-order valence-corrected chi connectivity index (χ4v) is 5.02. The van der Waals surface area contributed by atoms with Crippen LogP contribution >= 0.6 is 0 Å². The van der Waals surface area contributed by atoms with Crippen molar-refractivity contribution in [2.45, 2.75) is 37.8 Å². The summed E-state index contributed by atoms with van der Waals surface area (Å²) in [6.07, 6.45) is 4.33. The van der Waals surface area contributed by atoms with Crippen LogP contribution in [0.15, 0.2) is 46.2 Å². The molecule has 0 bridgehead atoms. The number of benzene rings is 1. The van der Waals surface area contributed by atoms with Gasteiger partial charge in [-0.15, -0.1) is 0 Å². The molecule has 1 aliphatic heterocycles. The number of ether oxygens (including phenoxy) is 1. The van der Waals surface area contributed by atoms with Gasteiger partial charge in [-0.3, -0.25) is 4.68 Å². The number of nitrogens with zero attached hydrogens (tertiary/aromatic N) is 4. The third-order valence-corrected chi connectivity index (χ3v) is 7.11. The highest BCUT2D eigenvalue weighted by Crippen LogP contribution is 2.32. The second kappa shape index (κ2) is 8.10. The van der Waals surface area contributed by atoms with Gasteiger partial charge in [0, 0.05) is 37.9 Å². The number of aromatic nitrogens is 3. The molecule has 4 rings (SSSR count). The van der Waals surface area contributed by atoms with Gasteiger partial charge in [0.15, 0.2) is 6.39 Å². The molecule has 0 saturated heterocycles. The zero-order valence-corrected chi connectivity index (χ0v) is 17.4. The average molecular weight is 417 g/mol. The van der Waals surface area contributed by atoms with E-state index in [1.807, 2.05) is 23.7 Å². The molecule has 3 heterocycles. The van der Waals surface area contributed by atoms with E-state index in [0.29, 0.717) is 42.4 Å². The molecule has 2 aromatic heterocycles. The molecule has 0 N–H and O–H groups in total. The Morgan fingerprint density at radius 3 is 2.69 bits per heavy atom. The van der Waals surface area contributed by atoms with Crippen molar-refractivity contribution in [3.8, 4) is 11.4 Å². The van der Waals surface area contributed by atoms with E-state index in [1.54, 1.807) is 19.2 Å². The SMILES string of the molecule is CCc1ccc(S(=O)(=O)N2CCc3c(c(-c4cocn4)nn3CCOC)C2)cc1. The van der Waals surface area contributed by atoms with Crippen LogP contribution in [0.4, 0.5) is 0 Å². The van der Waals surface area contributed by atoms with Crippen LogP contribution in [0.5, 0.6) is 0 Å². The second-order valence-electron chi connectivity index (χ2n) is 6.95. The van der Waals surface area contributed by atoms with Gasteiger partial charge < -0.3 is 9.15 Å². The van der Waals surface area contributed by atoms with Gasteiger partial charge in [-0.05, 0) is 24.1 Å². The highest BCUT2D eigenvalue weighted by molar-refractivity contribution is 7.89. The van der Waals surface area contributed by atoms with Gasteiger partial charge >= 0.3 is 0 Å². The van der Waals surface area contributed by atoms with E-state index in [4.69, 9.17) is 9.15 Å². The molecule has 29 heavy (non-hydrogen) atoms. The van der Waals surface area contributed by atoms with Crippen LogP contribution in [-0.2, 0) is 40.7 Å². The molecule has 154 valence electrons. The lowest BCUT2D eigenvalue weighted by molar-refractivity contribution is 0.182. The van der Waals surface area contributed by atoms with Crippen LogP contribution in [0.3, 0.4) is 0 Å². The lowest BCUT2D eigenvalue weighted by Crippen LogP contribution is -2.36. The molecule has 0 saturated carbocycles. The number of rotatable bonds is 7. The Hall–Kier alpha value is -2.49. The predicted molar refractivity (Wildman–Crippen MR) is 107 cm³/mol. The Balaban J connectivity index is 1.68. The third kappa shape index (κ3) is 3.73. The summed E-state index contributed by atoms with van der Waals surface area (Å²) in [5, 5.41) is 4.68. The molecule has 0 unspecified atom stereocenters. The van der Waals surface area contributed by atoms with Crippen molar-refractivity contribution < 1.29 is 17.6 Å². The summed E-state index contributed by atoms with van der Waals surface area (Å²) in [4.78, 5) is 4.52. The maximum Gasteiger partial charge on any atom is 0.243 e. The molecule has 0 radical (unpaired) electrons. The van der Waals surface area contributed by atoms with Crippen molar-refractivity contribution in [1.82, 2.24) is 19.1 Å². The molecule has 0 amide bonds. The molecular formula is C20H24N4O4S. The fourth-order valence-electron chi connectivity index (χ4n) is 3.62. The van der Waals surface area contributed by atoms with Gasteiger partial charge in [0.05, 0.1) is 18.0 Å². The third-order valence-electron chi connectivity index (χ3n) is 5.25. The van der Waals surface area contributed by atoms with E-state index >= 15 is 0 Å². The van der Waals surface area contributed by atoms with Gasteiger partial charge in [0.2, 0.25) is 10.0 Å². The summed E-state index contributed by atoms with van der Waals surface area (Å²) in [6, 6.07) is 7.10. The molecule has 0 fully saturated rings. The van der Waals surface area contributed by atoms with E-state index in [2.05, 4.69) is 10.1 Å². The Labute approximate surface area is 170 Å². The zero-order valence-electron chi connectivity index (χ0n) is 16.5. The van der Waals surface area contributed by atoms with Gasteiger partial charge in [-0.2, -0.15) is 9.40 Å². The minimum atomic E-state index is -3.60. The van der Waals surface area contributed by atoms with Crippen LogP contribution in [0.2, 0.25) is 0 Å². The number of aryl methyl sites for hydroxylation is 1. The molecule has 9 heteroatoms. The van der Waals surface area contributed by atoms with Gasteiger partial charge in [-0.1, -0.05) is 19.1 Å². The Bertz CT molecular complexity index is 1070. The molecule has 0 spiro atoms. The summed E-state index contributed by atoms with van der Waals surface area (Å²) in [5.74, 6) is 0. The molecule has 1 aliphatic rings. The van der Waals surface area contributed by atoms with Gasteiger partial charge in [-0.25, -0.2) is 13.4 Å². The zero-order chi connectivity index (χ0) is 20.4. The highest BCUT2D eigenvalue weighted by Gasteiger charge is 2.33. The summed E-state index contributed by atoms with van der Waals surface area (Å²) in [6.45, 7) is 3.83. The standard InChI is InChI=1S/C20H24N4O4S/c1-3-15-4-6-16(7-5-15)29(25,26)23-9-8-19-17(12-23)20(18-13-28-14-21-18)22-24(19)10-11-27-2/h4-7,13-14H,3,8-12H2,1-2H3. The molecular weight excluding hydrogens is 392 g/mol. The second-order valence-corrected chi connectivity index (χ2v) is 8.89. The molecule has 1 aromatic carbocycles. The minimum absolute atomic E-state index is 0.252. The van der Waals surface area contributed by atoms with E-state index in [-0.39, 0.29) is 6.54 Å². The Kier molecular flexibility index (Phi) is 5.53. The summed E-state index contributed by atoms with van der Waals surface area (Å²) in [5.41, 5.74) is 4.26. The largest absolute Gasteiger partial charge is 0.451 e. The summed E-state index contributed by atoms with van der Waals surface area (Å²) in [7, 11) is -1.95. The maximum atomic E-state index is 13.2. The fraction of sp³-hybridized carbons (Fsp3) is 0.400. The van der Waals surface area contributed by atoms with Crippen LogP contribution in [0.1, 0.15) is 23.7 Å². The molecule has 8 nitrogen and oxygen atoms in total. The van der Waals surface area contributed by atoms with Crippen LogP contribution in [0.25, 0.3) is 11.4 Å². The number of hydrogen-bond acceptors (Lipinski definition) is 6. The number of methoxy groups -OCH3 is 1. The molecule has 0 atom stereocenters. The lowest BCUT2D eigenvalue weighted by Gasteiger charge is -2.27. The average Bonchev–Trinajstić information content (AvgIpc) is 3.39. The maximum absolute atomic E-state index is 13.2. The Morgan fingerprint density at radius 1 is 1.24 bits per heavy atom. The van der Waals surface area contributed by atoms with Crippen molar-refractivity contribution in [1.29, 1.82) is 0 Å². The van der Waals surface area contributed by atoms with Crippen LogP contribution < -0.4 is 0 Å². The minimum Gasteiger partial charge on any atom is -0.451 e.